The predicted molar refractivity (Wildman–Crippen MR) is 124 cm³/mol. The van der Waals surface area contributed by atoms with E-state index in [-0.39, 0.29) is 12.5 Å². The zero-order valence-corrected chi connectivity index (χ0v) is 19.1. The van der Waals surface area contributed by atoms with Crippen LogP contribution in [0, 0.1) is 0 Å². The zero-order chi connectivity index (χ0) is 21.0. The van der Waals surface area contributed by atoms with Gasteiger partial charge in [0, 0.05) is 22.2 Å². The predicted octanol–water partition coefficient (Wildman–Crippen LogP) is 6.19. The molecule has 3 rings (SSSR count). The molecule has 0 N–H and O–H groups in total. The van der Waals surface area contributed by atoms with Crippen molar-refractivity contribution < 1.29 is 14.3 Å². The first-order valence-electron chi connectivity index (χ1n) is 8.93. The van der Waals surface area contributed by atoms with E-state index < -0.39 is 0 Å². The Morgan fingerprint density at radius 1 is 1.17 bits per heavy atom. The first kappa shape index (κ1) is 22.0. The van der Waals surface area contributed by atoms with Gasteiger partial charge in [-0.25, -0.2) is 0 Å². The summed E-state index contributed by atoms with van der Waals surface area (Å²) in [6.45, 7) is 2.90. The molecule has 29 heavy (non-hydrogen) atoms. The van der Waals surface area contributed by atoms with E-state index >= 15 is 0 Å². The topological polar surface area (TPSA) is 38.8 Å². The van der Waals surface area contributed by atoms with Crippen LogP contribution in [-0.2, 0) is 11.4 Å². The molecule has 0 unspecified atom stereocenters. The van der Waals surface area contributed by atoms with Crippen LogP contribution in [0.5, 0.6) is 11.5 Å². The van der Waals surface area contributed by atoms with Crippen LogP contribution < -0.4 is 9.47 Å². The summed E-state index contributed by atoms with van der Waals surface area (Å²) in [5.74, 6) is 1.08. The number of nitrogens with zero attached hydrogens (tertiary/aromatic N) is 1. The Bertz CT molecular complexity index is 978. The number of benzene rings is 2. The van der Waals surface area contributed by atoms with Crippen molar-refractivity contribution in [2.45, 2.75) is 20.0 Å². The Labute approximate surface area is 189 Å². The highest BCUT2D eigenvalue weighted by Crippen LogP contribution is 2.35. The van der Waals surface area contributed by atoms with Gasteiger partial charge < -0.3 is 9.47 Å². The van der Waals surface area contributed by atoms with Crippen LogP contribution in [0.2, 0.25) is 10.0 Å². The average molecular weight is 468 g/mol. The van der Waals surface area contributed by atoms with E-state index in [2.05, 4.69) is 0 Å². The summed E-state index contributed by atoms with van der Waals surface area (Å²) in [7, 11) is 1.58. The summed E-state index contributed by atoms with van der Waals surface area (Å²) in [4.78, 5) is 14.8. The second kappa shape index (κ2) is 9.85. The molecule has 1 aliphatic heterocycles. The maximum atomic E-state index is 12.6. The molecule has 1 heterocycles. The normalized spacial score (nSPS) is 15.3. The zero-order valence-electron chi connectivity index (χ0n) is 15.9. The molecular formula is C21H19Cl2NO3S2. The molecule has 152 valence electrons. The molecule has 0 radical (unpaired) electrons. The number of thioether (sulfide) groups is 1. The number of carbonyl (C=O) groups excluding carboxylic acids is 1. The van der Waals surface area contributed by atoms with E-state index in [1.54, 1.807) is 30.2 Å². The Morgan fingerprint density at radius 2 is 1.97 bits per heavy atom. The van der Waals surface area contributed by atoms with E-state index in [1.165, 1.54) is 11.8 Å². The number of halogens is 2. The standard InChI is InChI=1S/C21H19Cl2NO3S2/c1-3-8-24-20(25)19(29-21(24)28)10-13-4-7-17(26-2)18(9-13)27-12-14-5-6-15(22)11-16(14)23/h4-7,9-11H,3,8,12H2,1-2H3/b19-10+. The van der Waals surface area contributed by atoms with Gasteiger partial charge in [-0.1, -0.05) is 66.2 Å². The molecule has 1 amide bonds. The molecular weight excluding hydrogens is 449 g/mol. The van der Waals surface area contributed by atoms with Gasteiger partial charge in [-0.3, -0.25) is 9.69 Å². The first-order chi connectivity index (χ1) is 13.9. The van der Waals surface area contributed by atoms with E-state index in [9.17, 15) is 4.79 Å². The Hall–Kier alpha value is -1.73. The first-order valence-corrected chi connectivity index (χ1v) is 10.9. The van der Waals surface area contributed by atoms with E-state index in [1.807, 2.05) is 31.2 Å². The molecule has 1 saturated heterocycles. The molecule has 2 aromatic rings. The molecule has 8 heteroatoms. The fraction of sp³-hybridized carbons (Fsp3) is 0.238. The summed E-state index contributed by atoms with van der Waals surface area (Å²) in [5, 5.41) is 1.10. The summed E-state index contributed by atoms with van der Waals surface area (Å²) < 4.78 is 11.9. The molecule has 4 nitrogen and oxygen atoms in total. The second-order valence-electron chi connectivity index (χ2n) is 6.27. The number of thiocarbonyl (C=S) groups is 1. The fourth-order valence-corrected chi connectivity index (χ4v) is 4.53. The number of rotatable bonds is 7. The number of methoxy groups -OCH3 is 1. The Balaban J connectivity index is 1.82. The maximum Gasteiger partial charge on any atom is 0.266 e. The third-order valence-electron chi connectivity index (χ3n) is 4.20. The monoisotopic (exact) mass is 467 g/mol. The van der Waals surface area contributed by atoms with Crippen molar-refractivity contribution in [2.75, 3.05) is 13.7 Å². The summed E-state index contributed by atoms with van der Waals surface area (Å²) in [5.41, 5.74) is 1.63. The fourth-order valence-electron chi connectivity index (χ4n) is 2.76. The molecule has 0 bridgehead atoms. The molecule has 1 aliphatic rings. The molecule has 0 spiro atoms. The van der Waals surface area contributed by atoms with Crippen molar-refractivity contribution in [1.29, 1.82) is 0 Å². The minimum Gasteiger partial charge on any atom is -0.493 e. The molecule has 0 atom stereocenters. The van der Waals surface area contributed by atoms with Crippen LogP contribution in [0.25, 0.3) is 6.08 Å². The van der Waals surface area contributed by atoms with Gasteiger partial charge in [0.2, 0.25) is 0 Å². The number of ether oxygens (including phenoxy) is 2. The minimum absolute atomic E-state index is 0.0620. The third kappa shape index (κ3) is 5.25. The molecule has 1 fully saturated rings. The highest BCUT2D eigenvalue weighted by Gasteiger charge is 2.31. The smallest absolute Gasteiger partial charge is 0.266 e. The average Bonchev–Trinajstić information content (AvgIpc) is 2.95. The number of hydrogen-bond acceptors (Lipinski definition) is 5. The molecule has 0 aromatic heterocycles. The summed E-state index contributed by atoms with van der Waals surface area (Å²) in [6, 6.07) is 10.8. The third-order valence-corrected chi connectivity index (χ3v) is 6.17. The van der Waals surface area contributed by atoms with Gasteiger partial charge >= 0.3 is 0 Å². The summed E-state index contributed by atoms with van der Waals surface area (Å²) >= 11 is 18.8. The Morgan fingerprint density at radius 3 is 2.66 bits per heavy atom. The molecule has 2 aromatic carbocycles. The maximum absolute atomic E-state index is 12.6. The van der Waals surface area contributed by atoms with E-state index in [4.69, 9.17) is 44.9 Å². The highest BCUT2D eigenvalue weighted by molar-refractivity contribution is 8.26. The van der Waals surface area contributed by atoms with Crippen LogP contribution >= 0.6 is 47.2 Å². The largest absolute Gasteiger partial charge is 0.493 e. The van der Waals surface area contributed by atoms with E-state index in [0.717, 1.165) is 17.5 Å². The van der Waals surface area contributed by atoms with Crippen LogP contribution in [0.3, 0.4) is 0 Å². The van der Waals surface area contributed by atoms with Gasteiger partial charge in [-0.15, -0.1) is 0 Å². The van der Waals surface area contributed by atoms with Crippen LogP contribution in [-0.4, -0.2) is 28.8 Å². The Kier molecular flexibility index (Phi) is 7.46. The van der Waals surface area contributed by atoms with Gasteiger partial charge in [0.25, 0.3) is 5.91 Å². The van der Waals surface area contributed by atoms with Crippen LogP contribution in [0.15, 0.2) is 41.3 Å². The van der Waals surface area contributed by atoms with Crippen LogP contribution in [0.1, 0.15) is 24.5 Å². The van der Waals surface area contributed by atoms with Gasteiger partial charge in [-0.2, -0.15) is 0 Å². The lowest BCUT2D eigenvalue weighted by molar-refractivity contribution is -0.122. The SMILES string of the molecule is CCCN1C(=O)/C(=C\c2ccc(OC)c(OCc3ccc(Cl)cc3Cl)c2)SC1=S. The van der Waals surface area contributed by atoms with Crippen molar-refractivity contribution in [3.05, 3.63) is 62.5 Å². The number of carbonyl (C=O) groups is 1. The lowest BCUT2D eigenvalue weighted by Crippen LogP contribution is -2.28. The lowest BCUT2D eigenvalue weighted by Gasteiger charge is -2.13. The van der Waals surface area contributed by atoms with Gasteiger partial charge in [0.15, 0.2) is 11.5 Å². The molecule has 0 saturated carbocycles. The van der Waals surface area contributed by atoms with Crippen molar-refractivity contribution in [3.8, 4) is 11.5 Å². The quantitative estimate of drug-likeness (QED) is 0.358. The van der Waals surface area contributed by atoms with Crippen molar-refractivity contribution in [2.24, 2.45) is 0 Å². The van der Waals surface area contributed by atoms with Crippen molar-refractivity contribution >= 4 is 63.5 Å². The number of hydrogen-bond donors (Lipinski definition) is 0. The number of amides is 1. The lowest BCUT2D eigenvalue weighted by atomic mass is 10.1. The highest BCUT2D eigenvalue weighted by atomic mass is 35.5. The van der Waals surface area contributed by atoms with Gasteiger partial charge in [-0.05, 0) is 42.3 Å². The van der Waals surface area contributed by atoms with E-state index in [0.29, 0.717) is 37.3 Å². The summed E-state index contributed by atoms with van der Waals surface area (Å²) in [6.07, 6.45) is 2.67. The minimum atomic E-state index is -0.0620. The van der Waals surface area contributed by atoms with Crippen LogP contribution in [0.4, 0.5) is 0 Å². The molecule has 0 aliphatic carbocycles. The second-order valence-corrected chi connectivity index (χ2v) is 8.79. The van der Waals surface area contributed by atoms with Crippen molar-refractivity contribution in [3.63, 3.8) is 0 Å². The van der Waals surface area contributed by atoms with Gasteiger partial charge in [0.1, 0.15) is 10.9 Å². The van der Waals surface area contributed by atoms with Crippen molar-refractivity contribution in [1.82, 2.24) is 4.90 Å². The van der Waals surface area contributed by atoms with Gasteiger partial charge in [0.05, 0.1) is 12.0 Å².